The second kappa shape index (κ2) is 3.70. The van der Waals surface area contributed by atoms with Crippen molar-refractivity contribution in [3.8, 4) is 0 Å². The maximum atomic E-state index is 11.8. The second-order valence-electron chi connectivity index (χ2n) is 5.62. The van der Waals surface area contributed by atoms with E-state index in [2.05, 4.69) is 10.6 Å². The quantitative estimate of drug-likeness (QED) is 0.628. The van der Waals surface area contributed by atoms with E-state index >= 15 is 0 Å². The Morgan fingerprint density at radius 3 is 2.62 bits per heavy atom. The van der Waals surface area contributed by atoms with Crippen molar-refractivity contribution in [3.05, 3.63) is 0 Å². The molecule has 2 bridgehead atoms. The maximum absolute atomic E-state index is 11.8. The molecule has 16 heavy (non-hydrogen) atoms. The van der Waals surface area contributed by atoms with Crippen molar-refractivity contribution >= 4 is 5.97 Å². The van der Waals surface area contributed by atoms with E-state index in [1.165, 1.54) is 20.0 Å². The molecule has 3 aliphatic heterocycles. The molecule has 0 aliphatic carbocycles. The summed E-state index contributed by atoms with van der Waals surface area (Å²) in [6, 6.07) is 1.26. The van der Waals surface area contributed by atoms with E-state index in [1.807, 2.05) is 0 Å². The van der Waals surface area contributed by atoms with E-state index < -0.39 is 0 Å². The van der Waals surface area contributed by atoms with Gasteiger partial charge in [0.25, 0.3) is 0 Å². The van der Waals surface area contributed by atoms with Gasteiger partial charge in [0.05, 0.1) is 13.0 Å². The van der Waals surface area contributed by atoms with Crippen LogP contribution >= 0.6 is 0 Å². The first-order valence-corrected chi connectivity index (χ1v) is 6.28. The minimum Gasteiger partial charge on any atom is -0.469 e. The highest BCUT2D eigenvalue weighted by molar-refractivity contribution is 5.74. The molecule has 3 unspecified atom stereocenters. The summed E-state index contributed by atoms with van der Waals surface area (Å²) in [6.07, 6.45) is 4.83. The lowest BCUT2D eigenvalue weighted by Crippen LogP contribution is -2.49. The summed E-state index contributed by atoms with van der Waals surface area (Å²) in [7, 11) is 1.50. The van der Waals surface area contributed by atoms with E-state index in [0.717, 1.165) is 25.9 Å². The average Bonchev–Trinajstić information content (AvgIpc) is 2.82. The average molecular weight is 224 g/mol. The monoisotopic (exact) mass is 224 g/mol. The Hall–Kier alpha value is -0.610. The fourth-order valence-electron chi connectivity index (χ4n) is 4.00. The Labute approximate surface area is 96.1 Å². The zero-order valence-corrected chi connectivity index (χ0v) is 9.79. The predicted octanol–water partition coefficient (Wildman–Crippen LogP) is 0.280. The van der Waals surface area contributed by atoms with Gasteiger partial charge in [-0.1, -0.05) is 0 Å². The van der Waals surface area contributed by atoms with Crippen LogP contribution in [0.25, 0.3) is 0 Å². The third-order valence-electron chi connectivity index (χ3n) is 4.69. The van der Waals surface area contributed by atoms with Crippen molar-refractivity contribution in [2.75, 3.05) is 20.2 Å². The van der Waals surface area contributed by atoms with Gasteiger partial charge in [0.2, 0.25) is 0 Å². The molecular weight excluding hydrogens is 204 g/mol. The Morgan fingerprint density at radius 1 is 1.31 bits per heavy atom. The van der Waals surface area contributed by atoms with Crippen molar-refractivity contribution in [1.82, 2.24) is 10.6 Å². The van der Waals surface area contributed by atoms with Gasteiger partial charge in [-0.05, 0) is 25.7 Å². The molecule has 0 radical (unpaired) electrons. The van der Waals surface area contributed by atoms with E-state index in [0.29, 0.717) is 12.1 Å². The van der Waals surface area contributed by atoms with Gasteiger partial charge in [0, 0.05) is 30.6 Å². The molecule has 2 N–H and O–H groups in total. The first-order chi connectivity index (χ1) is 7.73. The number of esters is 1. The summed E-state index contributed by atoms with van der Waals surface area (Å²) < 4.78 is 4.95. The lowest BCUT2D eigenvalue weighted by Gasteiger charge is -2.41. The van der Waals surface area contributed by atoms with E-state index in [-0.39, 0.29) is 17.3 Å². The Morgan fingerprint density at radius 2 is 2.00 bits per heavy atom. The van der Waals surface area contributed by atoms with Crippen LogP contribution in [0.2, 0.25) is 0 Å². The van der Waals surface area contributed by atoms with Crippen LogP contribution in [0, 0.1) is 11.3 Å². The van der Waals surface area contributed by atoms with Crippen molar-refractivity contribution < 1.29 is 9.53 Å². The molecule has 4 nitrogen and oxygen atoms in total. The normalized spacial score (nSPS) is 46.2. The third kappa shape index (κ3) is 1.47. The van der Waals surface area contributed by atoms with Crippen LogP contribution in [0.5, 0.6) is 0 Å². The molecule has 0 saturated carbocycles. The Balaban J connectivity index is 1.83. The minimum atomic E-state index is -0.0219. The SMILES string of the molecule is COC(=O)C1CNCC12CC1CCC(C2)N1. The number of carbonyl (C=O) groups is 1. The van der Waals surface area contributed by atoms with E-state index in [1.54, 1.807) is 0 Å². The number of methoxy groups -OCH3 is 1. The molecule has 0 aromatic heterocycles. The molecule has 0 aromatic rings. The highest BCUT2D eigenvalue weighted by Gasteiger charge is 2.53. The van der Waals surface area contributed by atoms with Crippen molar-refractivity contribution in [1.29, 1.82) is 0 Å². The van der Waals surface area contributed by atoms with Crippen LogP contribution in [-0.2, 0) is 9.53 Å². The molecule has 0 amide bonds. The van der Waals surface area contributed by atoms with Gasteiger partial charge in [-0.15, -0.1) is 0 Å². The molecule has 3 heterocycles. The fourth-order valence-corrected chi connectivity index (χ4v) is 4.00. The van der Waals surface area contributed by atoms with Crippen LogP contribution in [-0.4, -0.2) is 38.3 Å². The van der Waals surface area contributed by atoms with Crippen LogP contribution in [0.4, 0.5) is 0 Å². The number of fused-ring (bicyclic) bond motifs is 2. The summed E-state index contributed by atoms with van der Waals surface area (Å²) >= 11 is 0. The summed E-state index contributed by atoms with van der Waals surface area (Å²) in [4.78, 5) is 11.8. The Kier molecular flexibility index (Phi) is 2.44. The summed E-state index contributed by atoms with van der Waals surface area (Å²) in [6.45, 7) is 1.79. The number of nitrogens with one attached hydrogen (secondary N) is 2. The van der Waals surface area contributed by atoms with Gasteiger partial charge < -0.3 is 15.4 Å². The summed E-state index contributed by atoms with van der Waals surface area (Å²) in [5.74, 6) is 0.0500. The first-order valence-electron chi connectivity index (χ1n) is 6.28. The lowest BCUT2D eigenvalue weighted by molar-refractivity contribution is -0.149. The highest BCUT2D eigenvalue weighted by Crippen LogP contribution is 2.47. The number of rotatable bonds is 1. The molecular formula is C12H20N2O2. The van der Waals surface area contributed by atoms with Gasteiger partial charge in [-0.25, -0.2) is 0 Å². The first kappa shape index (κ1) is 10.5. The fraction of sp³-hybridized carbons (Fsp3) is 0.917. The van der Waals surface area contributed by atoms with E-state index in [4.69, 9.17) is 4.74 Å². The molecule has 3 atom stereocenters. The van der Waals surface area contributed by atoms with Crippen molar-refractivity contribution in [2.24, 2.45) is 11.3 Å². The largest absolute Gasteiger partial charge is 0.469 e. The van der Waals surface area contributed by atoms with Crippen LogP contribution in [0.15, 0.2) is 0 Å². The lowest BCUT2D eigenvalue weighted by atomic mass is 9.69. The third-order valence-corrected chi connectivity index (χ3v) is 4.69. The molecule has 3 aliphatic rings. The summed E-state index contributed by atoms with van der Waals surface area (Å²) in [5, 5.41) is 7.03. The van der Waals surface area contributed by atoms with Gasteiger partial charge in [0.15, 0.2) is 0 Å². The Bertz CT molecular complexity index is 293. The molecule has 90 valence electrons. The molecule has 4 heteroatoms. The molecule has 3 fully saturated rings. The van der Waals surface area contributed by atoms with Crippen LogP contribution in [0.1, 0.15) is 25.7 Å². The zero-order chi connectivity index (χ0) is 11.2. The summed E-state index contributed by atoms with van der Waals surface area (Å²) in [5.41, 5.74) is 0.171. The van der Waals surface area contributed by atoms with Gasteiger partial charge in [-0.3, -0.25) is 4.79 Å². The van der Waals surface area contributed by atoms with Crippen LogP contribution in [0.3, 0.4) is 0 Å². The second-order valence-corrected chi connectivity index (χ2v) is 5.62. The topological polar surface area (TPSA) is 50.4 Å². The molecule has 0 aromatic carbocycles. The van der Waals surface area contributed by atoms with Crippen LogP contribution < -0.4 is 10.6 Å². The van der Waals surface area contributed by atoms with Crippen molar-refractivity contribution in [3.63, 3.8) is 0 Å². The minimum absolute atomic E-state index is 0.0219. The van der Waals surface area contributed by atoms with Gasteiger partial charge in [0.1, 0.15) is 0 Å². The number of hydrogen-bond donors (Lipinski definition) is 2. The smallest absolute Gasteiger partial charge is 0.310 e. The number of piperidine rings is 1. The molecule has 3 saturated heterocycles. The number of hydrogen-bond acceptors (Lipinski definition) is 4. The maximum Gasteiger partial charge on any atom is 0.310 e. The number of carbonyl (C=O) groups excluding carboxylic acids is 1. The van der Waals surface area contributed by atoms with E-state index in [9.17, 15) is 4.79 Å². The van der Waals surface area contributed by atoms with Crippen molar-refractivity contribution in [2.45, 2.75) is 37.8 Å². The van der Waals surface area contributed by atoms with Gasteiger partial charge in [-0.2, -0.15) is 0 Å². The molecule has 1 spiro atoms. The predicted molar refractivity (Wildman–Crippen MR) is 60.0 cm³/mol. The van der Waals surface area contributed by atoms with Gasteiger partial charge >= 0.3 is 5.97 Å². The standard InChI is InChI=1S/C12H20N2O2/c1-16-11(15)10-6-13-7-12(10)4-8-2-3-9(5-12)14-8/h8-10,13-14H,2-7H2,1H3. The number of ether oxygens (including phenoxy) is 1. The molecule has 3 rings (SSSR count). The zero-order valence-electron chi connectivity index (χ0n) is 9.79. The highest BCUT2D eigenvalue weighted by atomic mass is 16.5.